The van der Waals surface area contributed by atoms with E-state index in [9.17, 15) is 13.2 Å². The van der Waals surface area contributed by atoms with Gasteiger partial charge in [0.15, 0.2) is 0 Å². The molecular formula is C17H26ClN3O3S. The molecule has 0 aromatic heterocycles. The molecule has 2 saturated heterocycles. The third kappa shape index (κ3) is 4.73. The van der Waals surface area contributed by atoms with Crippen LogP contribution >= 0.6 is 12.4 Å². The fourth-order valence-electron chi connectivity index (χ4n) is 3.20. The van der Waals surface area contributed by atoms with E-state index < -0.39 is 10.0 Å². The number of hydrogen-bond donors (Lipinski definition) is 2. The first-order valence-electron chi connectivity index (χ1n) is 8.58. The van der Waals surface area contributed by atoms with E-state index in [1.807, 2.05) is 0 Å². The molecule has 3 rings (SSSR count). The van der Waals surface area contributed by atoms with E-state index in [0.29, 0.717) is 24.6 Å². The third-order valence-corrected chi connectivity index (χ3v) is 6.81. The number of halogens is 1. The molecule has 0 aliphatic carbocycles. The van der Waals surface area contributed by atoms with E-state index in [-0.39, 0.29) is 29.3 Å². The summed E-state index contributed by atoms with van der Waals surface area (Å²) in [6.45, 7) is 4.99. The monoisotopic (exact) mass is 387 g/mol. The molecule has 8 heteroatoms. The maximum atomic E-state index is 12.7. The Morgan fingerprint density at radius 2 is 1.80 bits per heavy atom. The Bertz CT molecular complexity index is 680. The molecule has 2 N–H and O–H groups in total. The van der Waals surface area contributed by atoms with Crippen LogP contribution < -0.4 is 10.6 Å². The molecule has 2 fully saturated rings. The lowest BCUT2D eigenvalue weighted by atomic mass is 10.0. The molecule has 1 aromatic rings. The first-order valence-corrected chi connectivity index (χ1v) is 10.0. The van der Waals surface area contributed by atoms with E-state index in [4.69, 9.17) is 0 Å². The molecule has 2 heterocycles. The molecule has 0 spiro atoms. The van der Waals surface area contributed by atoms with Gasteiger partial charge in [0.2, 0.25) is 10.0 Å². The number of carbonyl (C=O) groups is 1. The van der Waals surface area contributed by atoms with Crippen molar-refractivity contribution in [3.63, 3.8) is 0 Å². The summed E-state index contributed by atoms with van der Waals surface area (Å²) in [6.07, 6.45) is 2.72. The quantitative estimate of drug-likeness (QED) is 0.822. The van der Waals surface area contributed by atoms with Gasteiger partial charge in [-0.1, -0.05) is 6.92 Å². The van der Waals surface area contributed by atoms with Crippen LogP contribution in [0, 0.1) is 5.92 Å². The maximum absolute atomic E-state index is 12.7. The summed E-state index contributed by atoms with van der Waals surface area (Å²) >= 11 is 0. The molecule has 1 aromatic carbocycles. The average molecular weight is 388 g/mol. The van der Waals surface area contributed by atoms with Crippen LogP contribution in [-0.2, 0) is 10.0 Å². The zero-order chi connectivity index (χ0) is 17.2. The first-order chi connectivity index (χ1) is 11.5. The largest absolute Gasteiger partial charge is 0.348 e. The summed E-state index contributed by atoms with van der Waals surface area (Å²) < 4.78 is 26.9. The van der Waals surface area contributed by atoms with Crippen molar-refractivity contribution >= 4 is 28.3 Å². The SMILES string of the molecule is CC1CCN(S(=O)(=O)c2ccc(C(=O)NC3CCNC3)cc2)CC1.Cl. The lowest BCUT2D eigenvalue weighted by molar-refractivity contribution is 0.0940. The molecule has 2 aliphatic heterocycles. The van der Waals surface area contributed by atoms with Crippen molar-refractivity contribution in [3.8, 4) is 0 Å². The van der Waals surface area contributed by atoms with Crippen molar-refractivity contribution in [2.24, 2.45) is 5.92 Å². The number of nitrogens with zero attached hydrogens (tertiary/aromatic N) is 1. The van der Waals surface area contributed by atoms with Crippen LogP contribution in [0.25, 0.3) is 0 Å². The van der Waals surface area contributed by atoms with Crippen molar-refractivity contribution in [1.82, 2.24) is 14.9 Å². The van der Waals surface area contributed by atoms with Crippen LogP contribution in [0.3, 0.4) is 0 Å². The summed E-state index contributed by atoms with van der Waals surface area (Å²) in [6, 6.07) is 6.41. The van der Waals surface area contributed by atoms with E-state index >= 15 is 0 Å². The number of amides is 1. The second-order valence-electron chi connectivity index (χ2n) is 6.77. The Balaban J connectivity index is 0.00000225. The highest BCUT2D eigenvalue weighted by molar-refractivity contribution is 7.89. The van der Waals surface area contributed by atoms with Gasteiger partial charge in [0.1, 0.15) is 0 Å². The van der Waals surface area contributed by atoms with Gasteiger partial charge < -0.3 is 10.6 Å². The molecule has 1 amide bonds. The topological polar surface area (TPSA) is 78.5 Å². The number of rotatable bonds is 4. The van der Waals surface area contributed by atoms with E-state index in [1.165, 1.54) is 12.1 Å². The molecule has 0 radical (unpaired) electrons. The molecule has 1 unspecified atom stereocenters. The van der Waals surface area contributed by atoms with Gasteiger partial charge in [-0.25, -0.2) is 8.42 Å². The van der Waals surface area contributed by atoms with E-state index in [2.05, 4.69) is 17.6 Å². The second kappa shape index (κ2) is 8.49. The smallest absolute Gasteiger partial charge is 0.251 e. The first kappa shape index (κ1) is 20.2. The van der Waals surface area contributed by atoms with E-state index in [0.717, 1.165) is 32.4 Å². The Morgan fingerprint density at radius 1 is 1.16 bits per heavy atom. The van der Waals surface area contributed by atoms with Crippen LogP contribution in [0.1, 0.15) is 36.5 Å². The number of sulfonamides is 1. The predicted molar refractivity (Wildman–Crippen MR) is 99.6 cm³/mol. The minimum absolute atomic E-state index is 0. The molecule has 25 heavy (non-hydrogen) atoms. The summed E-state index contributed by atoms with van der Waals surface area (Å²) in [5, 5.41) is 6.16. The standard InChI is InChI=1S/C17H25N3O3S.ClH/c1-13-7-10-20(11-8-13)24(22,23)16-4-2-14(3-5-16)17(21)19-15-6-9-18-12-15;/h2-5,13,15,18H,6-12H2,1H3,(H,19,21);1H. The average Bonchev–Trinajstić information content (AvgIpc) is 3.08. The molecule has 140 valence electrons. The Kier molecular flexibility index (Phi) is 6.85. The highest BCUT2D eigenvalue weighted by atomic mass is 35.5. The summed E-state index contributed by atoms with van der Waals surface area (Å²) in [5.41, 5.74) is 0.494. The predicted octanol–water partition coefficient (Wildman–Crippen LogP) is 1.62. The van der Waals surface area contributed by atoms with Crippen LogP contribution in [0.4, 0.5) is 0 Å². The van der Waals surface area contributed by atoms with Crippen LogP contribution in [0.2, 0.25) is 0 Å². The number of hydrogen-bond acceptors (Lipinski definition) is 4. The van der Waals surface area contributed by atoms with Gasteiger partial charge in [-0.05, 0) is 56.0 Å². The molecule has 2 aliphatic rings. The van der Waals surface area contributed by atoms with Gasteiger partial charge >= 0.3 is 0 Å². The summed E-state index contributed by atoms with van der Waals surface area (Å²) in [5.74, 6) is 0.423. The molecule has 1 atom stereocenters. The zero-order valence-electron chi connectivity index (χ0n) is 14.4. The third-order valence-electron chi connectivity index (χ3n) is 4.89. The Labute approximate surface area is 155 Å². The Hall–Kier alpha value is -1.15. The summed E-state index contributed by atoms with van der Waals surface area (Å²) in [4.78, 5) is 12.5. The van der Waals surface area contributed by atoms with Gasteiger partial charge in [0.25, 0.3) is 5.91 Å². The van der Waals surface area contributed by atoms with Crippen LogP contribution in [-0.4, -0.2) is 50.9 Å². The normalized spacial score (nSPS) is 22.4. The fourth-order valence-corrected chi connectivity index (χ4v) is 4.67. The minimum Gasteiger partial charge on any atom is -0.348 e. The highest BCUT2D eigenvalue weighted by Gasteiger charge is 2.28. The van der Waals surface area contributed by atoms with Crippen molar-refractivity contribution in [2.45, 2.75) is 37.1 Å². The number of piperidine rings is 1. The van der Waals surface area contributed by atoms with Crippen LogP contribution in [0.15, 0.2) is 29.2 Å². The number of benzene rings is 1. The van der Waals surface area contributed by atoms with Crippen molar-refractivity contribution in [1.29, 1.82) is 0 Å². The number of nitrogens with one attached hydrogen (secondary N) is 2. The highest BCUT2D eigenvalue weighted by Crippen LogP contribution is 2.23. The lowest BCUT2D eigenvalue weighted by Crippen LogP contribution is -2.38. The van der Waals surface area contributed by atoms with E-state index in [1.54, 1.807) is 16.4 Å². The van der Waals surface area contributed by atoms with Gasteiger partial charge in [-0.2, -0.15) is 4.31 Å². The molecular weight excluding hydrogens is 362 g/mol. The van der Waals surface area contributed by atoms with Crippen molar-refractivity contribution in [3.05, 3.63) is 29.8 Å². The molecule has 6 nitrogen and oxygen atoms in total. The zero-order valence-corrected chi connectivity index (χ0v) is 16.0. The number of carbonyl (C=O) groups excluding carboxylic acids is 1. The molecule has 0 bridgehead atoms. The summed E-state index contributed by atoms with van der Waals surface area (Å²) in [7, 11) is -3.46. The second-order valence-corrected chi connectivity index (χ2v) is 8.71. The molecule has 0 saturated carbocycles. The van der Waals surface area contributed by atoms with Crippen LogP contribution in [0.5, 0.6) is 0 Å². The lowest BCUT2D eigenvalue weighted by Gasteiger charge is -2.29. The Morgan fingerprint density at radius 3 is 2.36 bits per heavy atom. The van der Waals surface area contributed by atoms with Gasteiger partial charge in [0.05, 0.1) is 4.90 Å². The minimum atomic E-state index is -3.46. The van der Waals surface area contributed by atoms with Crippen molar-refractivity contribution < 1.29 is 13.2 Å². The van der Waals surface area contributed by atoms with Gasteiger partial charge in [0, 0.05) is 31.2 Å². The van der Waals surface area contributed by atoms with Gasteiger partial charge in [-0.3, -0.25) is 4.79 Å². The fraction of sp³-hybridized carbons (Fsp3) is 0.588. The van der Waals surface area contributed by atoms with Gasteiger partial charge in [-0.15, -0.1) is 12.4 Å². The maximum Gasteiger partial charge on any atom is 0.251 e. The van der Waals surface area contributed by atoms with Crippen molar-refractivity contribution in [2.75, 3.05) is 26.2 Å².